The summed E-state index contributed by atoms with van der Waals surface area (Å²) in [7, 11) is 0. The van der Waals surface area contributed by atoms with Gasteiger partial charge in [0.15, 0.2) is 6.29 Å². The van der Waals surface area contributed by atoms with Crippen molar-refractivity contribution in [1.82, 2.24) is 5.32 Å². The van der Waals surface area contributed by atoms with Crippen LogP contribution in [0.25, 0.3) is 0 Å². The molecular weight excluding hydrogens is 967 g/mol. The van der Waals surface area contributed by atoms with Crippen LogP contribution in [0.2, 0.25) is 0 Å². The molecule has 1 aliphatic rings. The first-order valence-corrected chi connectivity index (χ1v) is 33.6. The van der Waals surface area contributed by atoms with Gasteiger partial charge in [0.05, 0.1) is 25.4 Å². The van der Waals surface area contributed by atoms with Crippen molar-refractivity contribution in [2.24, 2.45) is 0 Å². The first-order chi connectivity index (χ1) is 37.7. The predicted molar refractivity (Wildman–Crippen MR) is 321 cm³/mol. The number of hydrogen-bond acceptors (Lipinski definition) is 10. The number of nitrogens with one attached hydrogen (secondary N) is 1. The fraction of sp³-hybridized carbons (Fsp3) is 0.955. The highest BCUT2D eigenvalue weighted by molar-refractivity contribution is 5.80. The Morgan fingerprint density at radius 2 is 0.753 bits per heavy atom. The first kappa shape index (κ1) is 73.9. The lowest BCUT2D eigenvalue weighted by Crippen LogP contribution is -2.60. The van der Waals surface area contributed by atoms with E-state index in [4.69, 9.17) is 9.47 Å². The van der Waals surface area contributed by atoms with Crippen molar-refractivity contribution in [3.8, 4) is 0 Å². The topological polar surface area (TPSA) is 189 Å². The molecule has 0 spiro atoms. The lowest BCUT2D eigenvalue weighted by atomic mass is 9.98. The molecule has 9 atom stereocenters. The standard InChI is InChI=1S/C66H129NO10/c1-3-5-7-9-11-13-15-17-19-21-23-25-27-28-29-30-32-34-36-38-40-42-44-46-48-50-52-54-59(70)65(75)67-57(56-76-66-64(74)63(73)62(72)60(55-68)77-66)61(71)58(69)53-51-49-47-45-43-41-39-37-35-33-31-26-24-22-20-18-16-14-12-10-8-6-4-2/h28-29,57-64,66,68-74H,3-27,30-56H2,1-2H3,(H,67,75)/b29-28-. The second-order valence-electron chi connectivity index (χ2n) is 23.9. The van der Waals surface area contributed by atoms with E-state index in [1.54, 1.807) is 0 Å². The average molecular weight is 1100 g/mol. The SMILES string of the molecule is CCCCCCCCCCCCCC/C=C\CCCCCCCCCCCCCC(O)C(=O)NC(COC1OC(CO)C(O)C(O)C1O)C(O)C(O)CCCCCCCCCCCCCCCCCCCCCCCCC. The van der Waals surface area contributed by atoms with Crippen LogP contribution in [0.4, 0.5) is 0 Å². The number of amides is 1. The molecule has 0 aromatic heterocycles. The summed E-state index contributed by atoms with van der Waals surface area (Å²) < 4.78 is 11.2. The van der Waals surface area contributed by atoms with Gasteiger partial charge >= 0.3 is 0 Å². The summed E-state index contributed by atoms with van der Waals surface area (Å²) in [6, 6.07) is -1.17. The molecular formula is C66H129NO10. The number of aliphatic hydroxyl groups excluding tert-OH is 7. The Balaban J connectivity index is 2.22. The molecule has 0 radical (unpaired) electrons. The van der Waals surface area contributed by atoms with E-state index >= 15 is 0 Å². The number of ether oxygens (including phenoxy) is 2. The Morgan fingerprint density at radius 3 is 1.09 bits per heavy atom. The van der Waals surface area contributed by atoms with Crippen LogP contribution in [0.5, 0.6) is 0 Å². The highest BCUT2D eigenvalue weighted by Crippen LogP contribution is 2.24. The molecule has 1 rings (SSSR count). The van der Waals surface area contributed by atoms with Gasteiger partial charge in [0.1, 0.15) is 36.6 Å². The van der Waals surface area contributed by atoms with Gasteiger partial charge in [0.25, 0.3) is 0 Å². The largest absolute Gasteiger partial charge is 0.394 e. The minimum absolute atomic E-state index is 0.263. The number of carbonyl (C=O) groups is 1. The summed E-state index contributed by atoms with van der Waals surface area (Å²) >= 11 is 0. The van der Waals surface area contributed by atoms with E-state index < -0.39 is 74.2 Å². The van der Waals surface area contributed by atoms with Crippen LogP contribution in [0.1, 0.15) is 335 Å². The zero-order chi connectivity index (χ0) is 56.1. The highest BCUT2D eigenvalue weighted by Gasteiger charge is 2.44. The quantitative estimate of drug-likeness (QED) is 0.0215. The number of carbonyl (C=O) groups excluding carboxylic acids is 1. The Bertz CT molecular complexity index is 1260. The van der Waals surface area contributed by atoms with Gasteiger partial charge in [0, 0.05) is 0 Å². The summed E-state index contributed by atoms with van der Waals surface area (Å²) in [6.45, 7) is 3.52. The molecule has 0 bridgehead atoms. The molecule has 11 nitrogen and oxygen atoms in total. The average Bonchev–Trinajstić information content (AvgIpc) is 3.43. The van der Waals surface area contributed by atoms with Crippen molar-refractivity contribution in [1.29, 1.82) is 0 Å². The third-order valence-corrected chi connectivity index (χ3v) is 16.6. The molecule has 0 aromatic carbocycles. The molecule has 1 fully saturated rings. The molecule has 1 amide bonds. The van der Waals surface area contributed by atoms with Crippen molar-refractivity contribution < 1.29 is 50.0 Å². The molecule has 458 valence electrons. The van der Waals surface area contributed by atoms with Crippen LogP contribution in [0.3, 0.4) is 0 Å². The van der Waals surface area contributed by atoms with Gasteiger partial charge in [-0.1, -0.05) is 309 Å². The maximum absolute atomic E-state index is 13.2. The van der Waals surface area contributed by atoms with Crippen molar-refractivity contribution in [3.63, 3.8) is 0 Å². The Labute approximate surface area is 474 Å². The number of hydrogen-bond donors (Lipinski definition) is 8. The minimum atomic E-state index is -1.66. The lowest BCUT2D eigenvalue weighted by Gasteiger charge is -2.40. The van der Waals surface area contributed by atoms with E-state index in [1.165, 1.54) is 257 Å². The van der Waals surface area contributed by atoms with E-state index in [0.717, 1.165) is 38.5 Å². The fourth-order valence-electron chi connectivity index (χ4n) is 11.1. The van der Waals surface area contributed by atoms with Crippen molar-refractivity contribution in [2.45, 2.75) is 390 Å². The zero-order valence-corrected chi connectivity index (χ0v) is 50.5. The van der Waals surface area contributed by atoms with Crippen LogP contribution in [0, 0.1) is 0 Å². The van der Waals surface area contributed by atoms with Gasteiger partial charge < -0.3 is 50.5 Å². The summed E-state index contributed by atoms with van der Waals surface area (Å²) in [4.78, 5) is 13.2. The third kappa shape index (κ3) is 43.2. The number of aliphatic hydroxyl groups is 7. The molecule has 1 heterocycles. The van der Waals surface area contributed by atoms with Gasteiger partial charge in [-0.3, -0.25) is 4.79 Å². The van der Waals surface area contributed by atoms with Gasteiger partial charge in [0.2, 0.25) is 5.91 Å². The van der Waals surface area contributed by atoms with E-state index in [0.29, 0.717) is 19.3 Å². The number of allylic oxidation sites excluding steroid dienone is 2. The van der Waals surface area contributed by atoms with E-state index in [9.17, 15) is 40.5 Å². The molecule has 0 aromatic rings. The second kappa shape index (κ2) is 55.4. The first-order valence-electron chi connectivity index (χ1n) is 33.6. The molecule has 1 saturated heterocycles. The maximum atomic E-state index is 13.2. The smallest absolute Gasteiger partial charge is 0.249 e. The normalized spacial score (nSPS) is 19.5. The molecule has 9 unspecified atom stereocenters. The van der Waals surface area contributed by atoms with Crippen LogP contribution >= 0.6 is 0 Å². The van der Waals surface area contributed by atoms with Crippen LogP contribution in [-0.4, -0.2) is 110 Å². The Morgan fingerprint density at radius 1 is 0.442 bits per heavy atom. The monoisotopic (exact) mass is 1100 g/mol. The van der Waals surface area contributed by atoms with E-state index in [2.05, 4.69) is 31.3 Å². The molecule has 0 saturated carbocycles. The Hall–Kier alpha value is -1.15. The molecule has 1 aliphatic heterocycles. The van der Waals surface area contributed by atoms with Crippen LogP contribution in [-0.2, 0) is 14.3 Å². The van der Waals surface area contributed by atoms with Crippen LogP contribution < -0.4 is 5.32 Å². The summed E-state index contributed by atoms with van der Waals surface area (Å²) in [5, 5.41) is 76.5. The molecule has 8 N–H and O–H groups in total. The van der Waals surface area contributed by atoms with Gasteiger partial charge in [-0.25, -0.2) is 0 Å². The summed E-state index contributed by atoms with van der Waals surface area (Å²) in [6.07, 6.45) is 55.6. The minimum Gasteiger partial charge on any atom is -0.394 e. The van der Waals surface area contributed by atoms with E-state index in [-0.39, 0.29) is 6.42 Å². The van der Waals surface area contributed by atoms with Gasteiger partial charge in [-0.2, -0.15) is 0 Å². The van der Waals surface area contributed by atoms with E-state index in [1.807, 2.05) is 0 Å². The third-order valence-electron chi connectivity index (χ3n) is 16.6. The van der Waals surface area contributed by atoms with Gasteiger partial charge in [-0.05, 0) is 38.5 Å². The molecule has 0 aliphatic carbocycles. The summed E-state index contributed by atoms with van der Waals surface area (Å²) in [5.74, 6) is -0.691. The number of unbranched alkanes of at least 4 members (excludes halogenated alkanes) is 45. The van der Waals surface area contributed by atoms with Crippen molar-refractivity contribution in [3.05, 3.63) is 12.2 Å². The van der Waals surface area contributed by atoms with Crippen LogP contribution in [0.15, 0.2) is 12.2 Å². The number of rotatable bonds is 59. The fourth-order valence-corrected chi connectivity index (χ4v) is 11.1. The highest BCUT2D eigenvalue weighted by atomic mass is 16.7. The van der Waals surface area contributed by atoms with Gasteiger partial charge in [-0.15, -0.1) is 0 Å². The maximum Gasteiger partial charge on any atom is 0.249 e. The second-order valence-corrected chi connectivity index (χ2v) is 23.9. The summed E-state index contributed by atoms with van der Waals surface area (Å²) in [5.41, 5.74) is 0. The predicted octanol–water partition coefficient (Wildman–Crippen LogP) is 15.5. The molecule has 77 heavy (non-hydrogen) atoms. The Kier molecular flexibility index (Phi) is 53.1. The zero-order valence-electron chi connectivity index (χ0n) is 50.5. The van der Waals surface area contributed by atoms with Crippen molar-refractivity contribution in [2.75, 3.05) is 13.2 Å². The molecule has 11 heteroatoms. The lowest BCUT2D eigenvalue weighted by molar-refractivity contribution is -0.303. The van der Waals surface area contributed by atoms with Crippen molar-refractivity contribution >= 4 is 5.91 Å².